The molecule has 60 valence electrons. The average Bonchev–Trinajstić information content (AvgIpc) is 2.40. The predicted octanol–water partition coefficient (Wildman–Crippen LogP) is 0.193. The van der Waals surface area contributed by atoms with Gasteiger partial charge in [0.25, 0.3) is 6.47 Å². The van der Waals surface area contributed by atoms with E-state index in [0.29, 0.717) is 12.9 Å². The van der Waals surface area contributed by atoms with E-state index < -0.39 is 6.23 Å². The third-order valence-corrected chi connectivity index (χ3v) is 1.41. The highest BCUT2D eigenvalue weighted by Gasteiger charge is 2.07. The highest BCUT2D eigenvalue weighted by Crippen LogP contribution is 2.12. The summed E-state index contributed by atoms with van der Waals surface area (Å²) in [4.78, 5) is 13.7. The Balaban J connectivity index is 2.25. The van der Waals surface area contributed by atoms with Gasteiger partial charge in [-0.2, -0.15) is 0 Å². The number of carbonyl (C=O) groups is 1. The van der Waals surface area contributed by atoms with Crippen LogP contribution in [-0.2, 0) is 9.53 Å². The first-order valence-electron chi connectivity index (χ1n) is 3.37. The van der Waals surface area contributed by atoms with E-state index in [1.54, 1.807) is 12.4 Å². The number of hydrogen-bond donors (Lipinski definition) is 1. The molecule has 0 radical (unpaired) electrons. The number of nitrogens with two attached hydrogens (primary N) is 1. The van der Waals surface area contributed by atoms with Gasteiger partial charge < -0.3 is 4.74 Å². The lowest BCUT2D eigenvalue weighted by Crippen LogP contribution is -2.23. The minimum absolute atomic E-state index is 0.362. The summed E-state index contributed by atoms with van der Waals surface area (Å²) in [7, 11) is 0. The lowest BCUT2D eigenvalue weighted by Gasteiger charge is -2.08. The lowest BCUT2D eigenvalue weighted by atomic mass is 10.1. The number of carbonyl (C=O) groups excluding carboxylic acids is 1. The van der Waals surface area contributed by atoms with Gasteiger partial charge in [-0.25, -0.2) is 0 Å². The topological polar surface area (TPSA) is 64.7 Å². The fourth-order valence-corrected chi connectivity index (χ4v) is 0.895. The van der Waals surface area contributed by atoms with Crippen LogP contribution in [0.4, 0.5) is 0 Å². The molecule has 0 unspecified atom stereocenters. The van der Waals surface area contributed by atoms with Crippen molar-refractivity contribution in [2.75, 3.05) is 0 Å². The predicted molar refractivity (Wildman–Crippen MR) is 40.9 cm³/mol. The van der Waals surface area contributed by atoms with Crippen molar-refractivity contribution in [3.05, 3.63) is 11.8 Å². The van der Waals surface area contributed by atoms with Crippen LogP contribution >= 0.6 is 0 Å². The Hall–Kier alpha value is -1.16. The monoisotopic (exact) mass is 154 g/mol. The third kappa shape index (κ3) is 2.51. The summed E-state index contributed by atoms with van der Waals surface area (Å²) in [5.41, 5.74) is 6.51. The molecule has 0 saturated carbocycles. The highest BCUT2D eigenvalue weighted by molar-refractivity contribution is 5.65. The normalized spacial score (nSPS) is 17.7. The van der Waals surface area contributed by atoms with Crippen LogP contribution in [0.3, 0.4) is 0 Å². The molecule has 0 aromatic carbocycles. The average molecular weight is 154 g/mol. The summed E-state index contributed by atoms with van der Waals surface area (Å²) in [6, 6.07) is 0. The van der Waals surface area contributed by atoms with E-state index in [1.165, 1.54) is 0 Å². The van der Waals surface area contributed by atoms with Crippen molar-refractivity contribution in [2.45, 2.75) is 19.1 Å². The van der Waals surface area contributed by atoms with E-state index in [2.05, 4.69) is 9.73 Å². The summed E-state index contributed by atoms with van der Waals surface area (Å²) in [6.07, 6.45) is 4.39. The number of rotatable bonds is 4. The number of hydrogen-bond acceptors (Lipinski definition) is 4. The van der Waals surface area contributed by atoms with Gasteiger partial charge in [-0.15, -0.1) is 0 Å². The molecule has 1 atom stereocenters. The van der Waals surface area contributed by atoms with Gasteiger partial charge in [-0.1, -0.05) is 0 Å². The number of nitrogens with zero attached hydrogens (tertiary/aromatic N) is 1. The molecule has 0 spiro atoms. The fourth-order valence-electron chi connectivity index (χ4n) is 0.895. The van der Waals surface area contributed by atoms with Crippen molar-refractivity contribution in [1.82, 2.24) is 0 Å². The molecule has 0 aromatic rings. The van der Waals surface area contributed by atoms with Gasteiger partial charge in [0, 0.05) is 25.3 Å². The van der Waals surface area contributed by atoms with Gasteiger partial charge in [0.15, 0.2) is 6.23 Å². The van der Waals surface area contributed by atoms with Crippen molar-refractivity contribution in [3.63, 3.8) is 0 Å². The van der Waals surface area contributed by atoms with Crippen LogP contribution in [0.2, 0.25) is 0 Å². The van der Waals surface area contributed by atoms with Crippen LogP contribution in [0, 0.1) is 0 Å². The van der Waals surface area contributed by atoms with Crippen LogP contribution in [0.25, 0.3) is 0 Å². The summed E-state index contributed by atoms with van der Waals surface area (Å²) < 4.78 is 4.50. The molecule has 1 aliphatic rings. The van der Waals surface area contributed by atoms with Gasteiger partial charge in [-0.05, 0) is 5.57 Å². The van der Waals surface area contributed by atoms with Crippen LogP contribution in [-0.4, -0.2) is 18.9 Å². The van der Waals surface area contributed by atoms with Gasteiger partial charge in [0.2, 0.25) is 0 Å². The Labute approximate surface area is 64.7 Å². The Morgan fingerprint density at radius 3 is 3.27 bits per heavy atom. The molecule has 4 nitrogen and oxygen atoms in total. The van der Waals surface area contributed by atoms with E-state index in [4.69, 9.17) is 5.73 Å². The van der Waals surface area contributed by atoms with Crippen LogP contribution in [0.15, 0.2) is 16.8 Å². The van der Waals surface area contributed by atoms with Crippen molar-refractivity contribution >= 4 is 12.7 Å². The molecule has 0 fully saturated rings. The van der Waals surface area contributed by atoms with Gasteiger partial charge in [0.05, 0.1) is 0 Å². The Kier molecular flexibility index (Phi) is 2.80. The Bertz CT molecular complexity index is 199. The second-order valence-corrected chi connectivity index (χ2v) is 2.30. The van der Waals surface area contributed by atoms with Crippen molar-refractivity contribution in [1.29, 1.82) is 0 Å². The zero-order chi connectivity index (χ0) is 8.10. The quantitative estimate of drug-likeness (QED) is 0.464. The van der Waals surface area contributed by atoms with Crippen molar-refractivity contribution < 1.29 is 9.53 Å². The molecule has 0 saturated heterocycles. The Morgan fingerprint density at radius 1 is 1.91 bits per heavy atom. The minimum atomic E-state index is -0.527. The minimum Gasteiger partial charge on any atom is -0.449 e. The molecule has 2 N–H and O–H groups in total. The number of aliphatic imine (C=N–C) groups is 1. The van der Waals surface area contributed by atoms with E-state index in [-0.39, 0.29) is 0 Å². The maximum atomic E-state index is 9.84. The van der Waals surface area contributed by atoms with Gasteiger partial charge in [0.1, 0.15) is 0 Å². The maximum Gasteiger partial charge on any atom is 0.294 e. The number of ether oxygens (including phenoxy) is 1. The molecular weight excluding hydrogens is 144 g/mol. The SMILES string of the molecule is N[C@H](CC1=CN=CC1)OC=O. The third-order valence-electron chi connectivity index (χ3n) is 1.41. The van der Waals surface area contributed by atoms with E-state index in [9.17, 15) is 4.79 Å². The van der Waals surface area contributed by atoms with Gasteiger partial charge in [-0.3, -0.25) is 15.5 Å². The molecule has 4 heteroatoms. The van der Waals surface area contributed by atoms with Crippen LogP contribution in [0.5, 0.6) is 0 Å². The highest BCUT2D eigenvalue weighted by atomic mass is 16.5. The zero-order valence-electron chi connectivity index (χ0n) is 6.06. The molecule has 1 rings (SSSR count). The lowest BCUT2D eigenvalue weighted by molar-refractivity contribution is -0.133. The van der Waals surface area contributed by atoms with Crippen molar-refractivity contribution in [2.24, 2.45) is 10.7 Å². The molecular formula is C7H10N2O2. The first kappa shape index (κ1) is 7.94. The summed E-state index contributed by atoms with van der Waals surface area (Å²) >= 11 is 0. The van der Waals surface area contributed by atoms with E-state index in [1.807, 2.05) is 0 Å². The molecule has 0 aliphatic carbocycles. The smallest absolute Gasteiger partial charge is 0.294 e. The van der Waals surface area contributed by atoms with E-state index in [0.717, 1.165) is 12.0 Å². The molecule has 1 aliphatic heterocycles. The van der Waals surface area contributed by atoms with Crippen molar-refractivity contribution in [3.8, 4) is 0 Å². The fraction of sp³-hybridized carbons (Fsp3) is 0.429. The second-order valence-electron chi connectivity index (χ2n) is 2.30. The maximum absolute atomic E-state index is 9.84. The van der Waals surface area contributed by atoms with Crippen LogP contribution in [0.1, 0.15) is 12.8 Å². The second kappa shape index (κ2) is 3.88. The first-order valence-corrected chi connectivity index (χ1v) is 3.37. The summed E-state index contributed by atoms with van der Waals surface area (Å²) in [5, 5.41) is 0. The largest absolute Gasteiger partial charge is 0.449 e. The first-order chi connectivity index (χ1) is 5.33. The van der Waals surface area contributed by atoms with Gasteiger partial charge >= 0.3 is 0 Å². The summed E-state index contributed by atoms with van der Waals surface area (Å²) in [5.74, 6) is 0. The summed E-state index contributed by atoms with van der Waals surface area (Å²) in [6.45, 7) is 0.362. The Morgan fingerprint density at radius 2 is 2.73 bits per heavy atom. The molecule has 0 aromatic heterocycles. The standard InChI is InChI=1S/C7H10N2O2/c8-7(11-5-10)3-6-1-2-9-4-6/h2,4-5,7H,1,3,8H2/t7-/m0/s1. The zero-order valence-corrected chi connectivity index (χ0v) is 6.06. The molecule has 0 amide bonds. The van der Waals surface area contributed by atoms with E-state index >= 15 is 0 Å². The molecule has 0 bridgehead atoms. The van der Waals surface area contributed by atoms with Crippen LogP contribution < -0.4 is 5.73 Å². The molecule has 1 heterocycles. The molecule has 11 heavy (non-hydrogen) atoms.